The van der Waals surface area contributed by atoms with Crippen molar-refractivity contribution in [3.8, 4) is 11.5 Å². The number of rotatable bonds is 6. The lowest BCUT2D eigenvalue weighted by atomic mass is 10.0. The first kappa shape index (κ1) is 20.6. The van der Waals surface area contributed by atoms with Crippen molar-refractivity contribution in [2.75, 3.05) is 19.0 Å². The van der Waals surface area contributed by atoms with E-state index >= 15 is 0 Å². The lowest BCUT2D eigenvalue weighted by Gasteiger charge is -2.37. The number of para-hydroxylation sites is 1. The number of carbonyl (C=O) groups excluding carboxylic acids is 2. The second-order valence-corrected chi connectivity index (χ2v) is 7.26. The molecule has 4 rings (SSSR count). The zero-order valence-corrected chi connectivity index (χ0v) is 17.4. The number of amides is 2. The molecule has 0 spiro atoms. The third kappa shape index (κ3) is 4.57. The van der Waals surface area contributed by atoms with Crippen molar-refractivity contribution in [3.63, 3.8) is 0 Å². The molecule has 1 unspecified atom stereocenters. The topological polar surface area (TPSA) is 79.9 Å². The zero-order chi connectivity index (χ0) is 21.8. The SMILES string of the molecule is COc1ccc(C2Nc3ccc(Cl)cc3C(=O)N2NC(=O)COc2ccccc2)cc1. The Morgan fingerprint density at radius 1 is 1.06 bits per heavy atom. The van der Waals surface area contributed by atoms with Gasteiger partial charge in [0.1, 0.15) is 17.7 Å². The number of benzene rings is 3. The predicted octanol–water partition coefficient (Wildman–Crippen LogP) is 4.03. The number of hydrazine groups is 1. The highest BCUT2D eigenvalue weighted by molar-refractivity contribution is 6.31. The number of ether oxygens (including phenoxy) is 2. The van der Waals surface area contributed by atoms with Gasteiger partial charge in [-0.15, -0.1) is 0 Å². The summed E-state index contributed by atoms with van der Waals surface area (Å²) in [6, 6.07) is 21.2. The van der Waals surface area contributed by atoms with Crippen molar-refractivity contribution in [1.29, 1.82) is 0 Å². The quantitative estimate of drug-likeness (QED) is 0.608. The lowest BCUT2D eigenvalue weighted by molar-refractivity contribution is -0.127. The van der Waals surface area contributed by atoms with Crippen LogP contribution in [0.3, 0.4) is 0 Å². The Bertz CT molecular complexity index is 1090. The van der Waals surface area contributed by atoms with E-state index in [2.05, 4.69) is 10.7 Å². The molecule has 0 aromatic heterocycles. The summed E-state index contributed by atoms with van der Waals surface area (Å²) < 4.78 is 10.7. The first-order valence-electron chi connectivity index (χ1n) is 9.56. The van der Waals surface area contributed by atoms with E-state index in [1.165, 1.54) is 5.01 Å². The molecule has 1 heterocycles. The fraction of sp³-hybridized carbons (Fsp3) is 0.130. The summed E-state index contributed by atoms with van der Waals surface area (Å²) in [6.07, 6.45) is -0.632. The molecule has 1 aliphatic rings. The van der Waals surface area contributed by atoms with Gasteiger partial charge < -0.3 is 14.8 Å². The third-order valence-corrected chi connectivity index (χ3v) is 5.01. The van der Waals surface area contributed by atoms with Gasteiger partial charge in [0, 0.05) is 10.7 Å². The van der Waals surface area contributed by atoms with Crippen LogP contribution in [-0.2, 0) is 4.79 Å². The van der Waals surface area contributed by atoms with Gasteiger partial charge in [0.05, 0.1) is 12.7 Å². The number of halogens is 1. The zero-order valence-electron chi connectivity index (χ0n) is 16.7. The largest absolute Gasteiger partial charge is 0.497 e. The number of carbonyl (C=O) groups is 2. The van der Waals surface area contributed by atoms with Crippen molar-refractivity contribution in [2.24, 2.45) is 0 Å². The van der Waals surface area contributed by atoms with Gasteiger partial charge in [-0.1, -0.05) is 41.9 Å². The molecule has 0 fully saturated rings. The molecule has 0 bridgehead atoms. The minimum Gasteiger partial charge on any atom is -0.497 e. The van der Waals surface area contributed by atoms with Crippen molar-refractivity contribution in [1.82, 2.24) is 10.4 Å². The molecular weight excluding hydrogens is 418 g/mol. The molecule has 3 aromatic rings. The van der Waals surface area contributed by atoms with Gasteiger partial charge in [-0.3, -0.25) is 15.0 Å². The summed E-state index contributed by atoms with van der Waals surface area (Å²) in [5, 5.41) is 4.96. The Kier molecular flexibility index (Phi) is 5.95. The minimum atomic E-state index is -0.632. The van der Waals surface area contributed by atoms with Crippen LogP contribution in [0.5, 0.6) is 11.5 Å². The molecule has 2 N–H and O–H groups in total. The molecule has 0 aliphatic carbocycles. The van der Waals surface area contributed by atoms with Gasteiger partial charge in [0.2, 0.25) is 0 Å². The minimum absolute atomic E-state index is 0.245. The Labute approximate surface area is 184 Å². The maximum Gasteiger partial charge on any atom is 0.276 e. The number of hydrogen-bond acceptors (Lipinski definition) is 5. The van der Waals surface area contributed by atoms with Crippen LogP contribution < -0.4 is 20.2 Å². The smallest absolute Gasteiger partial charge is 0.276 e. The van der Waals surface area contributed by atoms with E-state index < -0.39 is 12.1 Å². The first-order chi connectivity index (χ1) is 15.0. The summed E-state index contributed by atoms with van der Waals surface area (Å²) in [7, 11) is 1.58. The summed E-state index contributed by atoms with van der Waals surface area (Å²) in [5.41, 5.74) is 4.41. The number of fused-ring (bicyclic) bond motifs is 1. The van der Waals surface area contributed by atoms with Gasteiger partial charge in [-0.05, 0) is 48.0 Å². The Morgan fingerprint density at radius 3 is 2.52 bits per heavy atom. The summed E-state index contributed by atoms with van der Waals surface area (Å²) in [5.74, 6) is 0.391. The van der Waals surface area contributed by atoms with Crippen LogP contribution in [0.4, 0.5) is 5.69 Å². The predicted molar refractivity (Wildman–Crippen MR) is 117 cm³/mol. The molecule has 0 radical (unpaired) electrons. The maximum atomic E-state index is 13.2. The van der Waals surface area contributed by atoms with Crippen LogP contribution in [-0.4, -0.2) is 30.5 Å². The monoisotopic (exact) mass is 437 g/mol. The van der Waals surface area contributed by atoms with E-state index in [0.29, 0.717) is 27.8 Å². The standard InChI is InChI=1S/C23H20ClN3O4/c1-30-17-10-7-15(8-11-17)22-25-20-12-9-16(24)13-19(20)23(29)27(22)26-21(28)14-31-18-5-3-2-4-6-18/h2-13,22,25H,14H2,1H3,(H,26,28). The molecule has 1 atom stereocenters. The van der Waals surface area contributed by atoms with Crippen LogP contribution in [0.25, 0.3) is 0 Å². The van der Waals surface area contributed by atoms with Gasteiger partial charge in [0.15, 0.2) is 6.61 Å². The molecule has 7 nitrogen and oxygen atoms in total. The lowest BCUT2D eigenvalue weighted by Crippen LogP contribution is -2.53. The molecule has 8 heteroatoms. The van der Waals surface area contributed by atoms with Gasteiger partial charge in [0.25, 0.3) is 11.8 Å². The van der Waals surface area contributed by atoms with E-state index in [1.54, 1.807) is 49.6 Å². The van der Waals surface area contributed by atoms with Crippen LogP contribution in [0.1, 0.15) is 22.1 Å². The van der Waals surface area contributed by atoms with Crippen LogP contribution in [0.15, 0.2) is 72.8 Å². The van der Waals surface area contributed by atoms with E-state index in [4.69, 9.17) is 21.1 Å². The molecule has 158 valence electrons. The Morgan fingerprint density at radius 2 is 1.81 bits per heavy atom. The first-order valence-corrected chi connectivity index (χ1v) is 9.94. The number of nitrogens with one attached hydrogen (secondary N) is 2. The second-order valence-electron chi connectivity index (χ2n) is 6.82. The molecule has 0 saturated heterocycles. The fourth-order valence-corrected chi connectivity index (χ4v) is 3.42. The average molecular weight is 438 g/mol. The molecule has 0 saturated carbocycles. The average Bonchev–Trinajstić information content (AvgIpc) is 2.80. The van der Waals surface area contributed by atoms with Crippen molar-refractivity contribution < 1.29 is 19.1 Å². The summed E-state index contributed by atoms with van der Waals surface area (Å²) >= 11 is 6.08. The van der Waals surface area contributed by atoms with E-state index in [-0.39, 0.29) is 12.5 Å². The Hall–Kier alpha value is -3.71. The molecule has 3 aromatic carbocycles. The maximum absolute atomic E-state index is 13.2. The van der Waals surface area contributed by atoms with Gasteiger partial charge in [-0.2, -0.15) is 0 Å². The van der Waals surface area contributed by atoms with E-state index in [1.807, 2.05) is 30.3 Å². The number of methoxy groups -OCH3 is 1. The highest BCUT2D eigenvalue weighted by atomic mass is 35.5. The van der Waals surface area contributed by atoms with Crippen molar-refractivity contribution in [2.45, 2.75) is 6.17 Å². The van der Waals surface area contributed by atoms with Gasteiger partial charge in [-0.25, -0.2) is 5.01 Å². The van der Waals surface area contributed by atoms with E-state index in [9.17, 15) is 9.59 Å². The molecule has 1 aliphatic heterocycles. The highest BCUT2D eigenvalue weighted by Crippen LogP contribution is 2.34. The van der Waals surface area contributed by atoms with Crippen LogP contribution in [0.2, 0.25) is 5.02 Å². The number of anilines is 1. The van der Waals surface area contributed by atoms with E-state index in [0.717, 1.165) is 5.56 Å². The second kappa shape index (κ2) is 8.97. The summed E-state index contributed by atoms with van der Waals surface area (Å²) in [4.78, 5) is 25.8. The molecule has 31 heavy (non-hydrogen) atoms. The van der Waals surface area contributed by atoms with Crippen molar-refractivity contribution in [3.05, 3.63) is 88.9 Å². The van der Waals surface area contributed by atoms with Crippen LogP contribution >= 0.6 is 11.6 Å². The number of hydrogen-bond donors (Lipinski definition) is 2. The third-order valence-electron chi connectivity index (χ3n) is 4.77. The fourth-order valence-electron chi connectivity index (χ4n) is 3.24. The normalized spacial score (nSPS) is 15.0. The Balaban J connectivity index is 1.58. The molecular formula is C23H20ClN3O4. The highest BCUT2D eigenvalue weighted by Gasteiger charge is 2.34. The molecule has 2 amide bonds. The van der Waals surface area contributed by atoms with Crippen LogP contribution in [0, 0.1) is 0 Å². The van der Waals surface area contributed by atoms with Crippen molar-refractivity contribution >= 4 is 29.1 Å². The number of nitrogens with zero attached hydrogens (tertiary/aromatic N) is 1. The van der Waals surface area contributed by atoms with Gasteiger partial charge >= 0.3 is 0 Å². The summed E-state index contributed by atoms with van der Waals surface area (Å²) in [6.45, 7) is -0.245.